The highest BCUT2D eigenvalue weighted by atomic mass is 32.2. The topological polar surface area (TPSA) is 123 Å². The van der Waals surface area contributed by atoms with Gasteiger partial charge in [-0.1, -0.05) is 31.3 Å². The fourth-order valence-electron chi connectivity index (χ4n) is 3.60. The Hall–Kier alpha value is -3.22. The third-order valence-corrected chi connectivity index (χ3v) is 8.33. The van der Waals surface area contributed by atoms with Crippen molar-refractivity contribution in [3.63, 3.8) is 0 Å². The molecule has 1 N–H and O–H groups in total. The van der Waals surface area contributed by atoms with Crippen LogP contribution < -0.4 is 5.32 Å². The van der Waals surface area contributed by atoms with Crippen molar-refractivity contribution in [3.05, 3.63) is 48.4 Å². The van der Waals surface area contributed by atoms with Crippen LogP contribution in [0.4, 0.5) is 5.13 Å². The zero-order valence-corrected chi connectivity index (χ0v) is 20.7. The summed E-state index contributed by atoms with van der Waals surface area (Å²) in [5.41, 5.74) is 2.08. The maximum absolute atomic E-state index is 12.8. The molecule has 3 heterocycles. The monoisotopic (exact) mass is 499 g/mol. The molecule has 0 saturated heterocycles. The van der Waals surface area contributed by atoms with E-state index in [2.05, 4.69) is 25.5 Å². The predicted molar refractivity (Wildman–Crippen MR) is 131 cm³/mol. The van der Waals surface area contributed by atoms with E-state index in [-0.39, 0.29) is 17.2 Å². The number of sulfonamides is 1. The second-order valence-corrected chi connectivity index (χ2v) is 10.4. The van der Waals surface area contributed by atoms with Crippen molar-refractivity contribution in [2.24, 2.45) is 7.05 Å². The number of nitrogens with zero attached hydrogens (tertiary/aromatic N) is 6. The molecule has 34 heavy (non-hydrogen) atoms. The van der Waals surface area contributed by atoms with E-state index >= 15 is 0 Å². The van der Waals surface area contributed by atoms with Crippen molar-refractivity contribution in [2.45, 2.75) is 31.6 Å². The van der Waals surface area contributed by atoms with Crippen molar-refractivity contribution in [1.29, 1.82) is 0 Å². The lowest BCUT2D eigenvalue weighted by Gasteiger charge is -2.18. The number of aryl methyl sites for hydroxylation is 2. The summed E-state index contributed by atoms with van der Waals surface area (Å²) in [6.07, 6.45) is 2.26. The van der Waals surface area contributed by atoms with E-state index in [0.717, 1.165) is 5.52 Å². The first-order chi connectivity index (χ1) is 16.3. The highest BCUT2D eigenvalue weighted by molar-refractivity contribution is 7.89. The minimum Gasteiger partial charge on any atom is -0.331 e. The summed E-state index contributed by atoms with van der Waals surface area (Å²) in [6.45, 7) is 4.42. The number of carbonyl (C=O) groups excluding carboxylic acids is 1. The fraction of sp³-hybridized carbons (Fsp3) is 0.318. The van der Waals surface area contributed by atoms with Gasteiger partial charge in [0.2, 0.25) is 21.1 Å². The molecule has 4 rings (SSSR count). The number of aromatic nitrogens is 5. The number of carbonyl (C=O) groups is 1. The number of hydrogen-bond acceptors (Lipinski definition) is 8. The molecule has 0 radical (unpaired) electrons. The quantitative estimate of drug-likeness (QED) is 0.375. The van der Waals surface area contributed by atoms with Gasteiger partial charge in [-0.25, -0.2) is 13.4 Å². The number of benzene rings is 1. The molecule has 1 amide bonds. The minimum atomic E-state index is -3.57. The number of rotatable bonds is 9. The number of nitrogens with one attached hydrogen (secondary N) is 1. The second kappa shape index (κ2) is 9.95. The summed E-state index contributed by atoms with van der Waals surface area (Å²) in [5.74, 6) is 0.481. The maximum atomic E-state index is 12.8. The van der Waals surface area contributed by atoms with Crippen molar-refractivity contribution in [1.82, 2.24) is 29.0 Å². The molecule has 0 saturated carbocycles. The van der Waals surface area contributed by atoms with E-state index in [1.165, 1.54) is 15.6 Å². The normalized spacial score (nSPS) is 11.9. The summed E-state index contributed by atoms with van der Waals surface area (Å²) in [7, 11) is -1.72. The van der Waals surface area contributed by atoms with Gasteiger partial charge in [0.25, 0.3) is 0 Å². The summed E-state index contributed by atoms with van der Waals surface area (Å²) in [5, 5.41) is 11.9. The van der Waals surface area contributed by atoms with Crippen LogP contribution in [0.25, 0.3) is 21.7 Å². The van der Waals surface area contributed by atoms with Gasteiger partial charge < -0.3 is 9.88 Å². The molecule has 0 aliphatic rings. The smallest absolute Gasteiger partial charge is 0.243 e. The Morgan fingerprint density at radius 3 is 2.65 bits per heavy atom. The lowest BCUT2D eigenvalue weighted by molar-refractivity contribution is -0.116. The summed E-state index contributed by atoms with van der Waals surface area (Å²) < 4.78 is 29.0. The minimum absolute atomic E-state index is 0.195. The molecular weight excluding hydrogens is 474 g/mol. The van der Waals surface area contributed by atoms with Crippen LogP contribution in [-0.4, -0.2) is 56.5 Å². The summed E-state index contributed by atoms with van der Waals surface area (Å²) in [4.78, 5) is 21.5. The standard InChI is InChI=1S/C22H25N7O3S2/c1-4-29(5-2)34(31,32)15-9-10-18-17(14-15)24-19(28(18)3)11-12-20(30)25-22-27-26-21(33-22)16-8-6-7-13-23-16/h6-10,13-14H,4-5,11-12H2,1-3H3,(H,25,27,30). The van der Waals surface area contributed by atoms with Gasteiger partial charge in [0.15, 0.2) is 5.01 Å². The van der Waals surface area contributed by atoms with Crippen LogP contribution >= 0.6 is 11.3 Å². The van der Waals surface area contributed by atoms with E-state index in [1.807, 2.05) is 43.7 Å². The van der Waals surface area contributed by atoms with Gasteiger partial charge >= 0.3 is 0 Å². The molecule has 10 nitrogen and oxygen atoms in total. The lowest BCUT2D eigenvalue weighted by atomic mass is 10.3. The molecule has 0 aliphatic carbocycles. The van der Waals surface area contributed by atoms with Crippen LogP contribution in [0.5, 0.6) is 0 Å². The van der Waals surface area contributed by atoms with Gasteiger partial charge in [0, 0.05) is 39.2 Å². The number of anilines is 1. The molecule has 12 heteroatoms. The van der Waals surface area contributed by atoms with Crippen LogP contribution in [0.15, 0.2) is 47.5 Å². The number of pyridine rings is 1. The number of fused-ring (bicyclic) bond motifs is 1. The first-order valence-electron chi connectivity index (χ1n) is 10.8. The van der Waals surface area contributed by atoms with Crippen LogP contribution in [0, 0.1) is 0 Å². The van der Waals surface area contributed by atoms with E-state index in [9.17, 15) is 13.2 Å². The molecule has 3 aromatic heterocycles. The Morgan fingerprint density at radius 1 is 1.15 bits per heavy atom. The molecule has 1 aromatic carbocycles. The zero-order chi connectivity index (χ0) is 24.3. The average molecular weight is 500 g/mol. The van der Waals surface area contributed by atoms with Crippen molar-refractivity contribution < 1.29 is 13.2 Å². The number of hydrogen-bond donors (Lipinski definition) is 1. The number of imidazole rings is 1. The van der Waals surface area contributed by atoms with Crippen LogP contribution in [-0.2, 0) is 28.3 Å². The first kappa shape index (κ1) is 23.9. The van der Waals surface area contributed by atoms with E-state index in [4.69, 9.17) is 0 Å². The Bertz CT molecular complexity index is 1410. The van der Waals surface area contributed by atoms with Gasteiger partial charge in [0.1, 0.15) is 11.5 Å². The van der Waals surface area contributed by atoms with E-state index in [1.54, 1.807) is 24.4 Å². The van der Waals surface area contributed by atoms with Crippen molar-refractivity contribution in [3.8, 4) is 10.7 Å². The van der Waals surface area contributed by atoms with E-state index in [0.29, 0.717) is 46.7 Å². The maximum Gasteiger partial charge on any atom is 0.243 e. The molecular formula is C22H25N7O3S2. The molecule has 0 bridgehead atoms. The predicted octanol–water partition coefficient (Wildman–Crippen LogP) is 3.09. The fourth-order valence-corrected chi connectivity index (χ4v) is 5.81. The van der Waals surface area contributed by atoms with Gasteiger partial charge in [-0.3, -0.25) is 9.78 Å². The Balaban J connectivity index is 1.45. The van der Waals surface area contributed by atoms with Crippen molar-refractivity contribution in [2.75, 3.05) is 18.4 Å². The Morgan fingerprint density at radius 2 is 1.94 bits per heavy atom. The van der Waals surface area contributed by atoms with Crippen LogP contribution in [0.3, 0.4) is 0 Å². The first-order valence-corrected chi connectivity index (χ1v) is 13.1. The third-order valence-electron chi connectivity index (χ3n) is 5.42. The molecule has 178 valence electrons. The number of amides is 1. The Kier molecular flexibility index (Phi) is 7.00. The molecule has 0 unspecified atom stereocenters. The Labute approximate surface area is 201 Å². The molecule has 4 aromatic rings. The highest BCUT2D eigenvalue weighted by Gasteiger charge is 2.23. The van der Waals surface area contributed by atoms with Crippen LogP contribution in [0.1, 0.15) is 26.1 Å². The molecule has 0 fully saturated rings. The summed E-state index contributed by atoms with van der Waals surface area (Å²) >= 11 is 1.25. The SMILES string of the molecule is CCN(CC)S(=O)(=O)c1ccc2c(c1)nc(CCC(=O)Nc1nnc(-c3ccccn3)s1)n2C. The zero-order valence-electron chi connectivity index (χ0n) is 19.1. The molecule has 0 spiro atoms. The largest absolute Gasteiger partial charge is 0.331 e. The average Bonchev–Trinajstić information content (AvgIpc) is 3.43. The van der Waals surface area contributed by atoms with Gasteiger partial charge in [-0.15, -0.1) is 10.2 Å². The van der Waals surface area contributed by atoms with Gasteiger partial charge in [0.05, 0.1) is 15.9 Å². The third kappa shape index (κ3) is 4.83. The van der Waals surface area contributed by atoms with E-state index < -0.39 is 10.0 Å². The van der Waals surface area contributed by atoms with Crippen LogP contribution in [0.2, 0.25) is 0 Å². The van der Waals surface area contributed by atoms with Crippen molar-refractivity contribution >= 4 is 43.4 Å². The summed E-state index contributed by atoms with van der Waals surface area (Å²) in [6, 6.07) is 10.5. The highest BCUT2D eigenvalue weighted by Crippen LogP contribution is 2.25. The molecule has 0 atom stereocenters. The lowest BCUT2D eigenvalue weighted by Crippen LogP contribution is -2.30. The van der Waals surface area contributed by atoms with Gasteiger partial charge in [-0.2, -0.15) is 4.31 Å². The van der Waals surface area contributed by atoms with Gasteiger partial charge in [-0.05, 0) is 30.3 Å². The molecule has 0 aliphatic heterocycles. The second-order valence-electron chi connectivity index (χ2n) is 7.50.